The lowest BCUT2D eigenvalue weighted by atomic mass is 10.0. The van der Waals surface area contributed by atoms with E-state index in [0.29, 0.717) is 35.5 Å². The third-order valence-corrected chi connectivity index (χ3v) is 4.83. The maximum Gasteiger partial charge on any atom is 0.272 e. The van der Waals surface area contributed by atoms with Crippen molar-refractivity contribution in [1.82, 2.24) is 24.4 Å². The van der Waals surface area contributed by atoms with Gasteiger partial charge in [-0.3, -0.25) is 14.2 Å². The van der Waals surface area contributed by atoms with E-state index in [9.17, 15) is 9.59 Å². The van der Waals surface area contributed by atoms with Gasteiger partial charge in [0.05, 0.1) is 17.2 Å². The van der Waals surface area contributed by atoms with Crippen LogP contribution in [0.5, 0.6) is 0 Å². The van der Waals surface area contributed by atoms with E-state index in [-0.39, 0.29) is 17.5 Å². The summed E-state index contributed by atoms with van der Waals surface area (Å²) >= 11 is 0. The number of carbonyl (C=O) groups excluding carboxylic acids is 1. The van der Waals surface area contributed by atoms with E-state index in [1.165, 1.54) is 0 Å². The SMILES string of the molecule is Cc1nccc(C(=O)N2CCC(n3cnc4ccccc4c3=O)CC2)n1. The first kappa shape index (κ1) is 16.4. The minimum absolute atomic E-state index is 0.0215. The molecule has 1 fully saturated rings. The fourth-order valence-electron chi connectivity index (χ4n) is 3.43. The van der Waals surface area contributed by atoms with Gasteiger partial charge < -0.3 is 4.90 Å². The minimum Gasteiger partial charge on any atom is -0.337 e. The number of para-hydroxylation sites is 1. The average molecular weight is 349 g/mol. The predicted octanol–water partition coefficient (Wildman–Crippen LogP) is 1.97. The number of hydrogen-bond acceptors (Lipinski definition) is 5. The molecule has 132 valence electrons. The number of aryl methyl sites for hydroxylation is 1. The molecule has 0 atom stereocenters. The number of amides is 1. The van der Waals surface area contributed by atoms with E-state index < -0.39 is 0 Å². The van der Waals surface area contributed by atoms with Gasteiger partial charge in [0.15, 0.2) is 0 Å². The number of benzene rings is 1. The molecule has 0 saturated carbocycles. The van der Waals surface area contributed by atoms with Crippen molar-refractivity contribution in [1.29, 1.82) is 0 Å². The van der Waals surface area contributed by atoms with Crippen LogP contribution < -0.4 is 5.56 Å². The van der Waals surface area contributed by atoms with Crippen molar-refractivity contribution >= 4 is 16.8 Å². The summed E-state index contributed by atoms with van der Waals surface area (Å²) in [6.07, 6.45) is 4.66. The summed E-state index contributed by atoms with van der Waals surface area (Å²) in [5.74, 6) is 0.498. The summed E-state index contributed by atoms with van der Waals surface area (Å²) in [6, 6.07) is 9.05. The first-order chi connectivity index (χ1) is 12.6. The van der Waals surface area contributed by atoms with Gasteiger partial charge in [-0.2, -0.15) is 0 Å². The number of nitrogens with zero attached hydrogens (tertiary/aromatic N) is 5. The highest BCUT2D eigenvalue weighted by Crippen LogP contribution is 2.22. The summed E-state index contributed by atoms with van der Waals surface area (Å²) in [6.45, 7) is 2.94. The van der Waals surface area contributed by atoms with Crippen LogP contribution in [0.1, 0.15) is 35.2 Å². The summed E-state index contributed by atoms with van der Waals surface area (Å²) in [5, 5.41) is 0.630. The summed E-state index contributed by atoms with van der Waals surface area (Å²) in [4.78, 5) is 39.7. The van der Waals surface area contributed by atoms with Gasteiger partial charge in [-0.05, 0) is 38.0 Å². The van der Waals surface area contributed by atoms with E-state index in [0.717, 1.165) is 12.8 Å². The molecule has 1 amide bonds. The first-order valence-corrected chi connectivity index (χ1v) is 8.68. The zero-order valence-electron chi connectivity index (χ0n) is 14.5. The van der Waals surface area contributed by atoms with Gasteiger partial charge in [0.1, 0.15) is 11.5 Å². The van der Waals surface area contributed by atoms with Crippen LogP contribution in [-0.2, 0) is 0 Å². The molecule has 2 aromatic heterocycles. The molecule has 1 aliphatic rings. The number of fused-ring (bicyclic) bond motifs is 1. The minimum atomic E-state index is -0.0852. The summed E-state index contributed by atoms with van der Waals surface area (Å²) in [5.41, 5.74) is 1.10. The molecule has 7 heteroatoms. The summed E-state index contributed by atoms with van der Waals surface area (Å²) in [7, 11) is 0. The second-order valence-corrected chi connectivity index (χ2v) is 6.49. The number of piperidine rings is 1. The van der Waals surface area contributed by atoms with Crippen molar-refractivity contribution in [2.24, 2.45) is 0 Å². The van der Waals surface area contributed by atoms with E-state index in [1.54, 1.807) is 41.0 Å². The Balaban J connectivity index is 1.51. The Kier molecular flexibility index (Phi) is 4.20. The van der Waals surface area contributed by atoms with Gasteiger partial charge in [0.2, 0.25) is 0 Å². The number of likely N-dealkylation sites (tertiary alicyclic amines) is 1. The fraction of sp³-hybridized carbons (Fsp3) is 0.316. The van der Waals surface area contributed by atoms with Crippen LogP contribution in [0, 0.1) is 6.92 Å². The molecule has 1 aliphatic heterocycles. The molecule has 0 spiro atoms. The lowest BCUT2D eigenvalue weighted by molar-refractivity contribution is 0.0687. The quantitative estimate of drug-likeness (QED) is 0.706. The Bertz CT molecular complexity index is 1020. The maximum absolute atomic E-state index is 12.7. The maximum atomic E-state index is 12.7. The van der Waals surface area contributed by atoms with Crippen LogP contribution in [0.2, 0.25) is 0 Å². The van der Waals surface area contributed by atoms with Crippen LogP contribution in [0.4, 0.5) is 0 Å². The Morgan fingerprint density at radius 2 is 1.88 bits per heavy atom. The summed E-state index contributed by atoms with van der Waals surface area (Å²) < 4.78 is 1.71. The van der Waals surface area contributed by atoms with Gasteiger partial charge >= 0.3 is 0 Å². The molecule has 0 N–H and O–H groups in total. The second-order valence-electron chi connectivity index (χ2n) is 6.49. The average Bonchev–Trinajstić information content (AvgIpc) is 2.68. The van der Waals surface area contributed by atoms with Crippen molar-refractivity contribution < 1.29 is 4.79 Å². The van der Waals surface area contributed by atoms with Gasteiger partial charge in [-0.25, -0.2) is 15.0 Å². The van der Waals surface area contributed by atoms with E-state index in [4.69, 9.17) is 0 Å². The van der Waals surface area contributed by atoms with E-state index >= 15 is 0 Å². The van der Waals surface area contributed by atoms with E-state index in [1.807, 2.05) is 18.2 Å². The van der Waals surface area contributed by atoms with Crippen LogP contribution in [0.3, 0.4) is 0 Å². The highest BCUT2D eigenvalue weighted by atomic mass is 16.2. The number of aromatic nitrogens is 4. The third-order valence-electron chi connectivity index (χ3n) is 4.83. The molecule has 4 rings (SSSR count). The Morgan fingerprint density at radius 3 is 2.65 bits per heavy atom. The van der Waals surface area contributed by atoms with Crippen molar-refractivity contribution in [3.8, 4) is 0 Å². The molecule has 26 heavy (non-hydrogen) atoms. The molecule has 0 aliphatic carbocycles. The van der Waals surface area contributed by atoms with Gasteiger partial charge in [-0.1, -0.05) is 12.1 Å². The Hall–Kier alpha value is -3.09. The van der Waals surface area contributed by atoms with Crippen LogP contribution in [-0.4, -0.2) is 43.4 Å². The zero-order valence-corrected chi connectivity index (χ0v) is 14.5. The van der Waals surface area contributed by atoms with Crippen molar-refractivity contribution in [2.45, 2.75) is 25.8 Å². The van der Waals surface area contributed by atoms with Crippen molar-refractivity contribution in [2.75, 3.05) is 13.1 Å². The fourth-order valence-corrected chi connectivity index (χ4v) is 3.43. The molecule has 0 unspecified atom stereocenters. The largest absolute Gasteiger partial charge is 0.337 e. The molecular formula is C19H19N5O2. The van der Waals surface area contributed by atoms with Crippen LogP contribution in [0.25, 0.3) is 10.9 Å². The Labute approximate surface area is 150 Å². The predicted molar refractivity (Wildman–Crippen MR) is 96.9 cm³/mol. The number of carbonyl (C=O) groups is 1. The van der Waals surface area contributed by atoms with E-state index in [2.05, 4.69) is 15.0 Å². The molecule has 0 bridgehead atoms. The molecular weight excluding hydrogens is 330 g/mol. The molecule has 1 aromatic carbocycles. The monoisotopic (exact) mass is 349 g/mol. The zero-order chi connectivity index (χ0) is 18.1. The van der Waals surface area contributed by atoms with Gasteiger partial charge in [0.25, 0.3) is 11.5 Å². The normalized spacial score (nSPS) is 15.3. The number of hydrogen-bond donors (Lipinski definition) is 0. The van der Waals surface area contributed by atoms with Gasteiger partial charge in [-0.15, -0.1) is 0 Å². The first-order valence-electron chi connectivity index (χ1n) is 8.68. The highest BCUT2D eigenvalue weighted by molar-refractivity contribution is 5.92. The topological polar surface area (TPSA) is 81.0 Å². The molecule has 0 radical (unpaired) electrons. The van der Waals surface area contributed by atoms with Crippen LogP contribution >= 0.6 is 0 Å². The van der Waals surface area contributed by atoms with Crippen molar-refractivity contribution in [3.63, 3.8) is 0 Å². The standard InChI is InChI=1S/C19H19N5O2/c1-13-20-9-6-17(22-13)19(26)23-10-7-14(8-11-23)24-12-21-16-5-3-2-4-15(16)18(24)25/h2-6,9,12,14H,7-8,10-11H2,1H3. The Morgan fingerprint density at radius 1 is 1.12 bits per heavy atom. The molecule has 3 aromatic rings. The number of rotatable bonds is 2. The lowest BCUT2D eigenvalue weighted by Crippen LogP contribution is -2.41. The smallest absolute Gasteiger partial charge is 0.272 e. The van der Waals surface area contributed by atoms with Gasteiger partial charge in [0, 0.05) is 25.3 Å². The molecule has 3 heterocycles. The third kappa shape index (κ3) is 2.96. The van der Waals surface area contributed by atoms with Crippen molar-refractivity contribution in [3.05, 3.63) is 64.7 Å². The van der Waals surface area contributed by atoms with Crippen LogP contribution in [0.15, 0.2) is 47.7 Å². The highest BCUT2D eigenvalue weighted by Gasteiger charge is 2.26. The lowest BCUT2D eigenvalue weighted by Gasteiger charge is -2.32. The molecule has 1 saturated heterocycles. The second kappa shape index (κ2) is 6.67. The molecule has 7 nitrogen and oxygen atoms in total.